The van der Waals surface area contributed by atoms with E-state index in [2.05, 4.69) is 0 Å². The number of carbonyl (C=O) groups excluding carboxylic acids is 1. The highest BCUT2D eigenvalue weighted by Gasteiger charge is 2.47. The highest BCUT2D eigenvalue weighted by molar-refractivity contribution is 5.79. The number of Topliss-reactive ketones (excluding diaryl/α,β-unsaturated/α-hetero) is 1. The number of hydrogen-bond acceptors (Lipinski definition) is 13. The maximum absolute atomic E-state index is 13.0. The number of benzene rings is 2. The Morgan fingerprint density at radius 3 is 1.84 bits per heavy atom. The van der Waals surface area contributed by atoms with E-state index in [1.807, 2.05) is 0 Å². The number of carbonyl (C=O) groups is 1. The normalized spacial score (nSPS) is 31.6. The van der Waals surface area contributed by atoms with Crippen LogP contribution in [-0.2, 0) is 36.6 Å². The molecule has 13 nitrogen and oxygen atoms in total. The van der Waals surface area contributed by atoms with Gasteiger partial charge < -0.3 is 59.8 Å². The monoisotopic (exact) mass is 608 g/mol. The van der Waals surface area contributed by atoms with Gasteiger partial charge in [0.15, 0.2) is 12.6 Å². The number of phenolic OH excluding ortho intramolecular Hbond substituents is 2. The van der Waals surface area contributed by atoms with Crippen LogP contribution in [0.2, 0.25) is 0 Å². The van der Waals surface area contributed by atoms with E-state index in [0.29, 0.717) is 19.3 Å². The zero-order chi connectivity index (χ0) is 31.1. The predicted molar refractivity (Wildman–Crippen MR) is 148 cm³/mol. The van der Waals surface area contributed by atoms with Crippen LogP contribution < -0.4 is 0 Å². The van der Waals surface area contributed by atoms with Crippen molar-refractivity contribution in [2.75, 3.05) is 13.2 Å². The number of phenols is 2. The van der Waals surface area contributed by atoms with Gasteiger partial charge in [-0.1, -0.05) is 24.3 Å². The SMILES string of the molecule is O=C(CCc1ccc(O)cc1)C[C@@H](CCc1ccc(O)cc1)O[C@@H]1O[C@H](CO[C@@H]2O[C@@H](CO)[C@@H](O)[C@H]2O)[C@@H](O)[C@H](O)[C@H]1O. The second kappa shape index (κ2) is 15.3. The van der Waals surface area contributed by atoms with Crippen molar-refractivity contribution in [3.63, 3.8) is 0 Å². The summed E-state index contributed by atoms with van der Waals surface area (Å²) >= 11 is 0. The lowest BCUT2D eigenvalue weighted by atomic mass is 9.98. The number of aromatic hydroxyl groups is 2. The second-order valence-corrected chi connectivity index (χ2v) is 10.9. The van der Waals surface area contributed by atoms with Gasteiger partial charge in [0.1, 0.15) is 60.0 Å². The van der Waals surface area contributed by atoms with E-state index in [0.717, 1.165) is 11.1 Å². The summed E-state index contributed by atoms with van der Waals surface area (Å²) in [5, 5.41) is 80.1. The molecule has 0 bridgehead atoms. The molecule has 43 heavy (non-hydrogen) atoms. The van der Waals surface area contributed by atoms with E-state index < -0.39 is 74.6 Å². The molecule has 0 amide bonds. The van der Waals surface area contributed by atoms with E-state index in [9.17, 15) is 45.6 Å². The topological polar surface area (TPSA) is 216 Å². The van der Waals surface area contributed by atoms with Crippen molar-refractivity contribution in [1.82, 2.24) is 0 Å². The molecular formula is C30H40O13. The molecular weight excluding hydrogens is 568 g/mol. The average molecular weight is 609 g/mol. The standard InChI is InChI=1S/C30H40O13/c31-14-22-24(35)27(38)29(42-22)40-15-23-25(36)26(37)28(39)30(43-23)41-21(12-6-17-3-9-19(33)10-4-17)13-20(34)11-5-16-1-7-18(32)8-2-16/h1-4,7-10,21-33,35-39H,5-6,11-15H2/t21-,22+,23-,24-,25-,26+,27-,28-,29-,30-/m1/s1. The van der Waals surface area contributed by atoms with E-state index in [4.69, 9.17) is 18.9 Å². The van der Waals surface area contributed by atoms with Crippen molar-refractivity contribution in [3.8, 4) is 11.5 Å². The molecule has 10 atom stereocenters. The molecule has 2 aromatic rings. The Hall–Kier alpha value is -2.69. The Morgan fingerprint density at radius 1 is 0.721 bits per heavy atom. The number of hydrogen-bond donors (Lipinski definition) is 8. The number of rotatable bonds is 14. The van der Waals surface area contributed by atoms with Gasteiger partial charge >= 0.3 is 0 Å². The van der Waals surface area contributed by atoms with Gasteiger partial charge in [0.2, 0.25) is 0 Å². The molecule has 0 saturated carbocycles. The molecule has 4 rings (SSSR count). The molecule has 2 saturated heterocycles. The summed E-state index contributed by atoms with van der Waals surface area (Å²) in [6.45, 7) is -0.984. The van der Waals surface area contributed by atoms with Gasteiger partial charge in [-0.05, 0) is 54.7 Å². The second-order valence-electron chi connectivity index (χ2n) is 10.9. The van der Waals surface area contributed by atoms with Crippen LogP contribution in [0.3, 0.4) is 0 Å². The van der Waals surface area contributed by atoms with E-state index in [-0.39, 0.29) is 30.1 Å². The quantitative estimate of drug-likeness (QED) is 0.133. The lowest BCUT2D eigenvalue weighted by molar-refractivity contribution is -0.319. The molecule has 2 fully saturated rings. The Balaban J connectivity index is 1.40. The molecule has 2 aliphatic heterocycles. The number of aryl methyl sites for hydroxylation is 2. The molecule has 2 heterocycles. The maximum atomic E-state index is 13.0. The van der Waals surface area contributed by atoms with E-state index in [1.54, 1.807) is 24.3 Å². The Bertz CT molecular complexity index is 1140. The lowest BCUT2D eigenvalue weighted by Crippen LogP contribution is -2.60. The van der Waals surface area contributed by atoms with Crippen LogP contribution in [0.15, 0.2) is 48.5 Å². The third-order valence-corrected chi connectivity index (χ3v) is 7.69. The van der Waals surface area contributed by atoms with Crippen molar-refractivity contribution in [1.29, 1.82) is 0 Å². The van der Waals surface area contributed by atoms with Crippen LogP contribution in [0, 0.1) is 0 Å². The van der Waals surface area contributed by atoms with Gasteiger partial charge in [0, 0.05) is 12.8 Å². The summed E-state index contributed by atoms with van der Waals surface area (Å²) in [7, 11) is 0. The number of ether oxygens (including phenoxy) is 4. The number of ketones is 1. The first kappa shape index (κ1) is 33.2. The van der Waals surface area contributed by atoms with Crippen molar-refractivity contribution in [2.24, 2.45) is 0 Å². The molecule has 238 valence electrons. The maximum Gasteiger partial charge on any atom is 0.186 e. The Kier molecular flexibility index (Phi) is 11.9. The lowest BCUT2D eigenvalue weighted by Gasteiger charge is -2.41. The van der Waals surface area contributed by atoms with Crippen LogP contribution >= 0.6 is 0 Å². The van der Waals surface area contributed by atoms with Crippen molar-refractivity contribution in [3.05, 3.63) is 59.7 Å². The first-order chi connectivity index (χ1) is 20.5. The van der Waals surface area contributed by atoms with Crippen LogP contribution in [0.5, 0.6) is 11.5 Å². The largest absolute Gasteiger partial charge is 0.508 e. The predicted octanol–water partition coefficient (Wildman–Crippen LogP) is -0.729. The average Bonchev–Trinajstić information content (AvgIpc) is 3.28. The highest BCUT2D eigenvalue weighted by atomic mass is 16.7. The van der Waals surface area contributed by atoms with Crippen LogP contribution in [-0.4, -0.2) is 121 Å². The van der Waals surface area contributed by atoms with Gasteiger partial charge in [-0.25, -0.2) is 0 Å². The summed E-state index contributed by atoms with van der Waals surface area (Å²) in [6.07, 6.45) is -12.3. The fraction of sp³-hybridized carbons (Fsp3) is 0.567. The molecule has 2 aromatic carbocycles. The fourth-order valence-corrected chi connectivity index (χ4v) is 5.06. The third kappa shape index (κ3) is 8.92. The molecule has 2 aliphatic rings. The molecule has 0 aromatic heterocycles. The minimum atomic E-state index is -1.69. The summed E-state index contributed by atoms with van der Waals surface area (Å²) in [5.74, 6) is 0.107. The minimum Gasteiger partial charge on any atom is -0.508 e. The van der Waals surface area contributed by atoms with Gasteiger partial charge in [-0.15, -0.1) is 0 Å². The molecule has 0 unspecified atom stereocenters. The van der Waals surface area contributed by atoms with Crippen LogP contribution in [0.25, 0.3) is 0 Å². The smallest absolute Gasteiger partial charge is 0.186 e. The van der Waals surface area contributed by atoms with Crippen molar-refractivity contribution < 1.29 is 64.6 Å². The van der Waals surface area contributed by atoms with E-state index >= 15 is 0 Å². The Labute approximate surface area is 248 Å². The number of aliphatic hydroxyl groups is 6. The summed E-state index contributed by atoms with van der Waals surface area (Å²) in [4.78, 5) is 13.0. The zero-order valence-corrected chi connectivity index (χ0v) is 23.5. The fourth-order valence-electron chi connectivity index (χ4n) is 5.06. The number of aliphatic hydroxyl groups excluding tert-OH is 6. The van der Waals surface area contributed by atoms with Crippen LogP contribution in [0.4, 0.5) is 0 Å². The van der Waals surface area contributed by atoms with Crippen molar-refractivity contribution >= 4 is 5.78 Å². The van der Waals surface area contributed by atoms with Gasteiger partial charge in [0.25, 0.3) is 0 Å². The zero-order valence-electron chi connectivity index (χ0n) is 23.5. The molecule has 0 radical (unpaired) electrons. The molecule has 0 spiro atoms. The minimum absolute atomic E-state index is 0.0366. The molecule has 8 N–H and O–H groups in total. The van der Waals surface area contributed by atoms with Gasteiger partial charge in [0.05, 0.1) is 19.3 Å². The first-order valence-corrected chi connectivity index (χ1v) is 14.2. The summed E-state index contributed by atoms with van der Waals surface area (Å²) < 4.78 is 22.5. The Morgan fingerprint density at radius 2 is 1.26 bits per heavy atom. The summed E-state index contributed by atoms with van der Waals surface area (Å²) in [6, 6.07) is 13.1. The molecule has 0 aliphatic carbocycles. The highest BCUT2D eigenvalue weighted by Crippen LogP contribution is 2.28. The third-order valence-electron chi connectivity index (χ3n) is 7.69. The van der Waals surface area contributed by atoms with Gasteiger partial charge in [-0.3, -0.25) is 4.79 Å². The van der Waals surface area contributed by atoms with Gasteiger partial charge in [-0.2, -0.15) is 0 Å². The van der Waals surface area contributed by atoms with Crippen LogP contribution in [0.1, 0.15) is 30.4 Å². The van der Waals surface area contributed by atoms with E-state index in [1.165, 1.54) is 24.3 Å². The summed E-state index contributed by atoms with van der Waals surface area (Å²) in [5.41, 5.74) is 1.74. The first-order valence-electron chi connectivity index (χ1n) is 14.2. The molecule has 13 heteroatoms. The van der Waals surface area contributed by atoms with Crippen molar-refractivity contribution in [2.45, 2.75) is 93.5 Å².